The van der Waals surface area contributed by atoms with Crippen molar-refractivity contribution >= 4 is 11.6 Å². The number of nitrogen functional groups attached to an aromatic ring is 1. The number of benzene rings is 1. The molecule has 1 fully saturated rings. The summed E-state index contributed by atoms with van der Waals surface area (Å²) in [7, 11) is 1.55. The number of anilines is 1. The van der Waals surface area contributed by atoms with E-state index in [1.54, 1.807) is 25.3 Å². The molecule has 1 amide bonds. The van der Waals surface area contributed by atoms with E-state index < -0.39 is 0 Å². The fourth-order valence-electron chi connectivity index (χ4n) is 2.44. The second kappa shape index (κ2) is 4.88. The summed E-state index contributed by atoms with van der Waals surface area (Å²) in [6, 6.07) is 5.26. The molecule has 0 bridgehead atoms. The summed E-state index contributed by atoms with van der Waals surface area (Å²) in [4.78, 5) is 12.3. The standard InChI is InChI=1S/C14H20N2O2/c1-3-14(8-5-9-14)16-13(17)12-10(15)6-4-7-11(12)18-2/h4,6-7H,3,5,8-9,15H2,1-2H3,(H,16,17). The van der Waals surface area contributed by atoms with Crippen LogP contribution in [0.2, 0.25) is 0 Å². The van der Waals surface area contributed by atoms with E-state index in [0.717, 1.165) is 19.3 Å². The molecule has 3 N–H and O–H groups in total. The highest BCUT2D eigenvalue weighted by Crippen LogP contribution is 2.35. The first kappa shape index (κ1) is 12.7. The van der Waals surface area contributed by atoms with Gasteiger partial charge in [-0.3, -0.25) is 4.79 Å². The highest BCUT2D eigenvalue weighted by atomic mass is 16.5. The van der Waals surface area contributed by atoms with Gasteiger partial charge in [0.2, 0.25) is 0 Å². The van der Waals surface area contributed by atoms with Gasteiger partial charge in [0, 0.05) is 11.2 Å². The highest BCUT2D eigenvalue weighted by molar-refractivity contribution is 6.02. The van der Waals surface area contributed by atoms with Crippen LogP contribution in [0.5, 0.6) is 5.75 Å². The van der Waals surface area contributed by atoms with E-state index in [1.165, 1.54) is 6.42 Å². The average Bonchev–Trinajstić information content (AvgIpc) is 2.33. The second-order valence-electron chi connectivity index (χ2n) is 4.87. The lowest BCUT2D eigenvalue weighted by Crippen LogP contribution is -2.53. The molecule has 2 rings (SSSR count). The summed E-state index contributed by atoms with van der Waals surface area (Å²) in [6.07, 6.45) is 4.22. The minimum absolute atomic E-state index is 0.0373. The van der Waals surface area contributed by atoms with Gasteiger partial charge in [-0.15, -0.1) is 0 Å². The summed E-state index contributed by atoms with van der Waals surface area (Å²) in [5.41, 5.74) is 6.74. The molecular formula is C14H20N2O2. The number of ether oxygens (including phenoxy) is 1. The van der Waals surface area contributed by atoms with E-state index in [0.29, 0.717) is 17.0 Å². The third-order valence-electron chi connectivity index (χ3n) is 3.87. The topological polar surface area (TPSA) is 64.4 Å². The van der Waals surface area contributed by atoms with Gasteiger partial charge >= 0.3 is 0 Å². The molecular weight excluding hydrogens is 228 g/mol. The van der Waals surface area contributed by atoms with Crippen molar-refractivity contribution < 1.29 is 9.53 Å². The molecule has 1 aromatic rings. The number of carbonyl (C=O) groups excluding carboxylic acids is 1. The smallest absolute Gasteiger partial charge is 0.257 e. The lowest BCUT2D eigenvalue weighted by Gasteiger charge is -2.42. The van der Waals surface area contributed by atoms with Crippen LogP contribution in [0.1, 0.15) is 43.0 Å². The van der Waals surface area contributed by atoms with Gasteiger partial charge in [0.1, 0.15) is 11.3 Å². The molecule has 0 aromatic heterocycles. The van der Waals surface area contributed by atoms with E-state index in [1.807, 2.05) is 0 Å². The van der Waals surface area contributed by atoms with Gasteiger partial charge in [-0.05, 0) is 37.8 Å². The molecule has 1 aliphatic rings. The van der Waals surface area contributed by atoms with Crippen LogP contribution in [-0.4, -0.2) is 18.6 Å². The first-order chi connectivity index (χ1) is 8.62. The van der Waals surface area contributed by atoms with Crippen LogP contribution >= 0.6 is 0 Å². The van der Waals surface area contributed by atoms with E-state index in [4.69, 9.17) is 10.5 Å². The molecule has 0 radical (unpaired) electrons. The van der Waals surface area contributed by atoms with Gasteiger partial charge in [-0.1, -0.05) is 13.0 Å². The number of nitrogens with two attached hydrogens (primary N) is 1. The molecule has 18 heavy (non-hydrogen) atoms. The Labute approximate surface area is 108 Å². The number of hydrogen-bond donors (Lipinski definition) is 2. The van der Waals surface area contributed by atoms with Crippen molar-refractivity contribution in [2.45, 2.75) is 38.1 Å². The maximum atomic E-state index is 12.3. The summed E-state index contributed by atoms with van der Waals surface area (Å²) in [5, 5.41) is 3.11. The number of carbonyl (C=O) groups is 1. The van der Waals surface area contributed by atoms with Gasteiger partial charge in [-0.25, -0.2) is 0 Å². The Kier molecular flexibility index (Phi) is 3.45. The van der Waals surface area contributed by atoms with Crippen molar-refractivity contribution in [3.63, 3.8) is 0 Å². The Bertz CT molecular complexity index is 448. The second-order valence-corrected chi connectivity index (χ2v) is 4.87. The molecule has 0 aliphatic heterocycles. The van der Waals surface area contributed by atoms with Gasteiger partial charge in [0.05, 0.1) is 7.11 Å². The van der Waals surface area contributed by atoms with E-state index in [9.17, 15) is 4.79 Å². The largest absolute Gasteiger partial charge is 0.496 e. The predicted octanol–water partition coefficient (Wildman–Crippen LogP) is 2.34. The zero-order valence-corrected chi connectivity index (χ0v) is 11.0. The van der Waals surface area contributed by atoms with Crippen LogP contribution in [0, 0.1) is 0 Å². The third kappa shape index (κ3) is 2.15. The SMILES string of the molecule is CCC1(NC(=O)c2c(N)cccc2OC)CCC1. The van der Waals surface area contributed by atoms with Gasteiger partial charge in [0.15, 0.2) is 0 Å². The quantitative estimate of drug-likeness (QED) is 0.804. The van der Waals surface area contributed by atoms with Crippen LogP contribution in [0.3, 0.4) is 0 Å². The molecule has 0 spiro atoms. The molecule has 0 unspecified atom stereocenters. The van der Waals surface area contributed by atoms with E-state index >= 15 is 0 Å². The zero-order chi connectivity index (χ0) is 13.2. The lowest BCUT2D eigenvalue weighted by molar-refractivity contribution is 0.0818. The van der Waals surface area contributed by atoms with Crippen molar-refractivity contribution in [3.05, 3.63) is 23.8 Å². The molecule has 98 valence electrons. The third-order valence-corrected chi connectivity index (χ3v) is 3.87. The Morgan fingerprint density at radius 2 is 2.22 bits per heavy atom. The number of rotatable bonds is 4. The van der Waals surface area contributed by atoms with Gasteiger partial charge in [-0.2, -0.15) is 0 Å². The van der Waals surface area contributed by atoms with Crippen molar-refractivity contribution in [1.29, 1.82) is 0 Å². The molecule has 1 aliphatic carbocycles. The monoisotopic (exact) mass is 248 g/mol. The first-order valence-corrected chi connectivity index (χ1v) is 6.37. The van der Waals surface area contributed by atoms with Crippen molar-refractivity contribution in [3.8, 4) is 5.75 Å². The first-order valence-electron chi connectivity index (χ1n) is 6.37. The lowest BCUT2D eigenvalue weighted by atomic mass is 9.74. The molecule has 0 atom stereocenters. The molecule has 4 nitrogen and oxygen atoms in total. The van der Waals surface area contributed by atoms with Crippen LogP contribution in [0.15, 0.2) is 18.2 Å². The fourth-order valence-corrected chi connectivity index (χ4v) is 2.44. The van der Waals surface area contributed by atoms with Crippen molar-refractivity contribution in [2.24, 2.45) is 0 Å². The summed E-state index contributed by atoms with van der Waals surface area (Å²) in [5.74, 6) is 0.393. The summed E-state index contributed by atoms with van der Waals surface area (Å²) < 4.78 is 5.21. The predicted molar refractivity (Wildman–Crippen MR) is 71.7 cm³/mol. The van der Waals surface area contributed by atoms with Crippen LogP contribution in [0.4, 0.5) is 5.69 Å². The van der Waals surface area contributed by atoms with Crippen LogP contribution in [-0.2, 0) is 0 Å². The zero-order valence-electron chi connectivity index (χ0n) is 11.0. The molecule has 4 heteroatoms. The van der Waals surface area contributed by atoms with Gasteiger partial charge < -0.3 is 15.8 Å². The molecule has 0 heterocycles. The summed E-state index contributed by atoms with van der Waals surface area (Å²) in [6.45, 7) is 2.10. The Morgan fingerprint density at radius 1 is 1.50 bits per heavy atom. The fraction of sp³-hybridized carbons (Fsp3) is 0.500. The minimum atomic E-state index is -0.133. The maximum Gasteiger partial charge on any atom is 0.257 e. The molecule has 1 aromatic carbocycles. The number of nitrogens with one attached hydrogen (secondary N) is 1. The maximum absolute atomic E-state index is 12.3. The average molecular weight is 248 g/mol. The normalized spacial score (nSPS) is 16.8. The Balaban J connectivity index is 2.23. The number of methoxy groups -OCH3 is 1. The molecule has 1 saturated carbocycles. The van der Waals surface area contributed by atoms with E-state index in [-0.39, 0.29) is 11.4 Å². The van der Waals surface area contributed by atoms with Gasteiger partial charge in [0.25, 0.3) is 5.91 Å². The minimum Gasteiger partial charge on any atom is -0.496 e. The molecule has 0 saturated heterocycles. The Morgan fingerprint density at radius 3 is 2.72 bits per heavy atom. The highest BCUT2D eigenvalue weighted by Gasteiger charge is 2.37. The van der Waals surface area contributed by atoms with E-state index in [2.05, 4.69) is 12.2 Å². The number of hydrogen-bond acceptors (Lipinski definition) is 3. The van der Waals surface area contributed by atoms with Crippen LogP contribution < -0.4 is 15.8 Å². The Hall–Kier alpha value is -1.71. The number of amides is 1. The van der Waals surface area contributed by atoms with Crippen molar-refractivity contribution in [2.75, 3.05) is 12.8 Å². The summed E-state index contributed by atoms with van der Waals surface area (Å²) >= 11 is 0. The van der Waals surface area contributed by atoms with Crippen molar-refractivity contribution in [1.82, 2.24) is 5.32 Å². The van der Waals surface area contributed by atoms with Crippen LogP contribution in [0.25, 0.3) is 0 Å².